The van der Waals surface area contributed by atoms with Gasteiger partial charge in [-0.15, -0.1) is 0 Å². The molecule has 0 radical (unpaired) electrons. The first kappa shape index (κ1) is 10.1. The Hall–Kier alpha value is -0.410. The van der Waals surface area contributed by atoms with Crippen molar-refractivity contribution in [2.45, 2.75) is 19.4 Å². The Morgan fingerprint density at radius 1 is 1.43 bits per heavy atom. The summed E-state index contributed by atoms with van der Waals surface area (Å²) in [7, 11) is 4.51. The molecule has 0 aromatic heterocycles. The summed E-state index contributed by atoms with van der Waals surface area (Å²) >= 11 is 0. The van der Waals surface area contributed by atoms with Crippen molar-refractivity contribution in [2.75, 3.05) is 46.8 Å². The van der Waals surface area contributed by atoms with E-state index in [0.29, 0.717) is 6.04 Å². The standard InChI is InChI=1S/C11H22N3/c1-4-14-6-5-10-11(9-14)13(3)8-7-12(10)2/h11H,4-9H2,1-3H3/q+1. The van der Waals surface area contributed by atoms with Crippen LogP contribution in [0.25, 0.3) is 0 Å². The van der Waals surface area contributed by atoms with Gasteiger partial charge in [0.15, 0.2) is 12.3 Å². The Kier molecular flexibility index (Phi) is 2.88. The highest BCUT2D eigenvalue weighted by Crippen LogP contribution is 2.15. The van der Waals surface area contributed by atoms with Gasteiger partial charge in [0.1, 0.15) is 13.1 Å². The fourth-order valence-electron chi connectivity index (χ4n) is 2.61. The van der Waals surface area contributed by atoms with Crippen molar-refractivity contribution >= 4 is 5.71 Å². The molecule has 0 bridgehead atoms. The van der Waals surface area contributed by atoms with E-state index in [1.165, 1.54) is 39.1 Å². The molecule has 0 aromatic rings. The van der Waals surface area contributed by atoms with Gasteiger partial charge in [0.2, 0.25) is 0 Å². The smallest absolute Gasteiger partial charge is 0.172 e. The minimum Gasteiger partial charge on any atom is -0.301 e. The predicted octanol–water partition coefficient (Wildman–Crippen LogP) is 0.109. The van der Waals surface area contributed by atoms with E-state index in [0.717, 1.165) is 0 Å². The molecular weight excluding hydrogens is 174 g/mol. The van der Waals surface area contributed by atoms with Crippen LogP contribution in [-0.2, 0) is 0 Å². The highest BCUT2D eigenvalue weighted by atomic mass is 15.3. The lowest BCUT2D eigenvalue weighted by Gasteiger charge is -2.38. The lowest BCUT2D eigenvalue weighted by Crippen LogP contribution is -2.58. The van der Waals surface area contributed by atoms with Crippen LogP contribution in [0.2, 0.25) is 0 Å². The lowest BCUT2D eigenvalue weighted by atomic mass is 9.99. The topological polar surface area (TPSA) is 9.49 Å². The average Bonchev–Trinajstić information content (AvgIpc) is 2.23. The van der Waals surface area contributed by atoms with Crippen LogP contribution in [0.15, 0.2) is 0 Å². The number of likely N-dealkylation sites (tertiary alicyclic amines) is 1. The third kappa shape index (κ3) is 1.71. The minimum absolute atomic E-state index is 0.683. The molecule has 2 heterocycles. The maximum Gasteiger partial charge on any atom is 0.172 e. The number of fused-ring (bicyclic) bond motifs is 1. The molecule has 3 heteroatoms. The molecule has 0 aliphatic carbocycles. The number of nitrogens with zero attached hydrogens (tertiary/aromatic N) is 3. The van der Waals surface area contributed by atoms with Gasteiger partial charge in [-0.2, -0.15) is 0 Å². The summed E-state index contributed by atoms with van der Waals surface area (Å²) in [6, 6.07) is 0.683. The lowest BCUT2D eigenvalue weighted by molar-refractivity contribution is -0.508. The predicted molar refractivity (Wildman–Crippen MR) is 59.2 cm³/mol. The van der Waals surface area contributed by atoms with E-state index in [2.05, 4.69) is 35.4 Å². The third-order valence-electron chi connectivity index (χ3n) is 3.76. The molecule has 2 rings (SSSR count). The zero-order valence-corrected chi connectivity index (χ0v) is 9.66. The Morgan fingerprint density at radius 2 is 2.21 bits per heavy atom. The second kappa shape index (κ2) is 3.99. The van der Waals surface area contributed by atoms with Gasteiger partial charge in [0, 0.05) is 19.5 Å². The Morgan fingerprint density at radius 3 is 2.93 bits per heavy atom. The van der Waals surface area contributed by atoms with Crippen LogP contribution in [0, 0.1) is 0 Å². The molecule has 0 amide bonds. The van der Waals surface area contributed by atoms with E-state index >= 15 is 0 Å². The Labute approximate surface area is 87.0 Å². The Balaban J connectivity index is 2.15. The maximum absolute atomic E-state index is 2.56. The first-order valence-corrected chi connectivity index (χ1v) is 5.71. The third-order valence-corrected chi connectivity index (χ3v) is 3.76. The first-order valence-electron chi connectivity index (χ1n) is 5.71. The summed E-state index contributed by atoms with van der Waals surface area (Å²) in [5.74, 6) is 0. The van der Waals surface area contributed by atoms with Crippen molar-refractivity contribution in [3.05, 3.63) is 0 Å². The summed E-state index contributed by atoms with van der Waals surface area (Å²) in [6.45, 7) is 8.35. The van der Waals surface area contributed by atoms with Crippen molar-refractivity contribution in [1.82, 2.24) is 9.80 Å². The molecule has 1 fully saturated rings. The van der Waals surface area contributed by atoms with Crippen LogP contribution in [0.5, 0.6) is 0 Å². The fourth-order valence-corrected chi connectivity index (χ4v) is 2.61. The van der Waals surface area contributed by atoms with Gasteiger partial charge in [-0.3, -0.25) is 4.90 Å². The van der Waals surface area contributed by atoms with E-state index in [9.17, 15) is 0 Å². The maximum atomic E-state index is 2.56. The number of rotatable bonds is 1. The summed E-state index contributed by atoms with van der Waals surface area (Å²) in [6.07, 6.45) is 1.26. The van der Waals surface area contributed by atoms with Crippen LogP contribution in [0.1, 0.15) is 13.3 Å². The zero-order chi connectivity index (χ0) is 10.1. The molecule has 1 atom stereocenters. The van der Waals surface area contributed by atoms with Crippen molar-refractivity contribution in [1.29, 1.82) is 0 Å². The first-order chi connectivity index (χ1) is 6.72. The molecule has 0 aromatic carbocycles. The van der Waals surface area contributed by atoms with Crippen LogP contribution in [0.3, 0.4) is 0 Å². The van der Waals surface area contributed by atoms with Crippen LogP contribution < -0.4 is 0 Å². The largest absolute Gasteiger partial charge is 0.301 e. The molecule has 1 unspecified atom stereocenters. The normalized spacial score (nSPS) is 30.6. The van der Waals surface area contributed by atoms with E-state index in [1.54, 1.807) is 5.71 Å². The van der Waals surface area contributed by atoms with Crippen molar-refractivity contribution in [3.8, 4) is 0 Å². The summed E-state index contributed by atoms with van der Waals surface area (Å²) in [5, 5.41) is 0. The monoisotopic (exact) mass is 196 g/mol. The molecule has 1 saturated heterocycles. The van der Waals surface area contributed by atoms with E-state index in [4.69, 9.17) is 0 Å². The Bertz CT molecular complexity index is 247. The number of hydrogen-bond acceptors (Lipinski definition) is 2. The van der Waals surface area contributed by atoms with Gasteiger partial charge < -0.3 is 4.90 Å². The van der Waals surface area contributed by atoms with E-state index < -0.39 is 0 Å². The summed E-state index contributed by atoms with van der Waals surface area (Å²) < 4.78 is 2.47. The molecule has 0 N–H and O–H groups in total. The molecule has 0 saturated carbocycles. The van der Waals surface area contributed by atoms with Gasteiger partial charge in [-0.1, -0.05) is 6.92 Å². The average molecular weight is 196 g/mol. The van der Waals surface area contributed by atoms with Gasteiger partial charge in [0.25, 0.3) is 0 Å². The molecule has 2 aliphatic rings. The second-order valence-corrected chi connectivity index (χ2v) is 4.55. The second-order valence-electron chi connectivity index (χ2n) is 4.55. The van der Waals surface area contributed by atoms with Crippen LogP contribution in [-0.4, -0.2) is 72.9 Å². The van der Waals surface area contributed by atoms with E-state index in [1.807, 2.05) is 0 Å². The minimum atomic E-state index is 0.683. The molecule has 0 spiro atoms. The summed E-state index contributed by atoms with van der Waals surface area (Å²) in [5.41, 5.74) is 1.66. The number of piperidine rings is 1. The molecule has 80 valence electrons. The molecule has 3 nitrogen and oxygen atoms in total. The quantitative estimate of drug-likeness (QED) is 0.551. The number of likely N-dealkylation sites (N-methyl/N-ethyl adjacent to an activating group) is 3. The van der Waals surface area contributed by atoms with E-state index in [-0.39, 0.29) is 0 Å². The summed E-state index contributed by atoms with van der Waals surface area (Å²) in [4.78, 5) is 5.07. The van der Waals surface area contributed by atoms with Crippen molar-refractivity contribution in [3.63, 3.8) is 0 Å². The zero-order valence-electron chi connectivity index (χ0n) is 9.66. The van der Waals surface area contributed by atoms with Gasteiger partial charge >= 0.3 is 0 Å². The molecule has 14 heavy (non-hydrogen) atoms. The van der Waals surface area contributed by atoms with Crippen LogP contribution >= 0.6 is 0 Å². The number of hydrogen-bond donors (Lipinski definition) is 0. The molecular formula is C11H22N3+. The fraction of sp³-hybridized carbons (Fsp3) is 0.909. The van der Waals surface area contributed by atoms with Crippen molar-refractivity contribution in [2.24, 2.45) is 0 Å². The van der Waals surface area contributed by atoms with Gasteiger partial charge in [-0.25, -0.2) is 4.58 Å². The highest BCUT2D eigenvalue weighted by Gasteiger charge is 2.36. The van der Waals surface area contributed by atoms with Crippen LogP contribution in [0.4, 0.5) is 0 Å². The van der Waals surface area contributed by atoms with Crippen molar-refractivity contribution < 1.29 is 4.58 Å². The van der Waals surface area contributed by atoms with Gasteiger partial charge in [0.05, 0.1) is 6.54 Å². The molecule has 2 aliphatic heterocycles. The highest BCUT2D eigenvalue weighted by molar-refractivity contribution is 5.86. The van der Waals surface area contributed by atoms with Gasteiger partial charge in [-0.05, 0) is 13.6 Å². The SMILES string of the molecule is CCN1CCC2=[N+](C)CCN(C)C2C1.